The number of likely N-dealkylation sites (tertiary alicyclic amines) is 1. The Labute approximate surface area is 201 Å². The highest BCUT2D eigenvalue weighted by molar-refractivity contribution is 7.85. The number of piperidine rings is 1. The molecule has 0 amide bonds. The molecule has 0 atom stereocenters. The van der Waals surface area contributed by atoms with Gasteiger partial charge in [-0.25, -0.2) is 0 Å². The number of nitro groups is 1. The number of hydrogen-bond donors (Lipinski definition) is 2. The maximum Gasteiger partial charge on any atom is 0.315 e. The number of anilines is 1. The Bertz CT molecular complexity index is 1330. The van der Waals surface area contributed by atoms with Crippen LogP contribution in [-0.2, 0) is 16.7 Å². The van der Waals surface area contributed by atoms with E-state index in [-0.39, 0.29) is 28.4 Å². The van der Waals surface area contributed by atoms with Crippen molar-refractivity contribution >= 4 is 32.9 Å². The predicted molar refractivity (Wildman–Crippen MR) is 127 cm³/mol. The first-order chi connectivity index (χ1) is 16.7. The number of benzene rings is 2. The molecule has 0 saturated carbocycles. The Morgan fingerprint density at radius 3 is 2.66 bits per heavy atom. The van der Waals surface area contributed by atoms with E-state index in [0.29, 0.717) is 30.0 Å². The Hall–Kier alpha value is -3.42. The van der Waals surface area contributed by atoms with Crippen LogP contribution in [0, 0.1) is 10.1 Å². The van der Waals surface area contributed by atoms with Crippen LogP contribution >= 0.6 is 0 Å². The van der Waals surface area contributed by atoms with Gasteiger partial charge < -0.3 is 19.2 Å². The van der Waals surface area contributed by atoms with Crippen molar-refractivity contribution in [2.75, 3.05) is 32.1 Å². The summed E-state index contributed by atoms with van der Waals surface area (Å²) < 4.78 is 48.3. The van der Waals surface area contributed by atoms with Gasteiger partial charge in [-0.3, -0.25) is 19.6 Å². The van der Waals surface area contributed by atoms with Gasteiger partial charge in [-0.15, -0.1) is 0 Å². The number of nitro benzene ring substituents is 1. The number of methoxy groups -OCH3 is 1. The fourth-order valence-corrected chi connectivity index (χ4v) is 4.64. The van der Waals surface area contributed by atoms with E-state index < -0.39 is 15.0 Å². The van der Waals surface area contributed by atoms with Crippen LogP contribution in [0.5, 0.6) is 11.5 Å². The molecule has 2 heterocycles. The predicted octanol–water partition coefficient (Wildman–Crippen LogP) is 3.47. The lowest BCUT2D eigenvalue weighted by Crippen LogP contribution is -2.38. The summed E-state index contributed by atoms with van der Waals surface area (Å²) in [4.78, 5) is 17.3. The van der Waals surface area contributed by atoms with E-state index in [4.69, 9.17) is 13.9 Å². The molecule has 12 nitrogen and oxygen atoms in total. The smallest absolute Gasteiger partial charge is 0.315 e. The zero-order valence-electron chi connectivity index (χ0n) is 19.3. The van der Waals surface area contributed by atoms with E-state index in [9.17, 15) is 23.1 Å². The molecule has 1 aliphatic rings. The zero-order valence-corrected chi connectivity index (χ0v) is 20.1. The van der Waals surface area contributed by atoms with Crippen molar-refractivity contribution in [2.24, 2.45) is 0 Å². The van der Waals surface area contributed by atoms with Crippen LogP contribution in [0.2, 0.25) is 0 Å². The molecule has 3 aromatic rings. The minimum absolute atomic E-state index is 0.0875. The summed E-state index contributed by atoms with van der Waals surface area (Å²) in [6.07, 6.45) is 1.57. The minimum Gasteiger partial charge on any atom is -0.490 e. The highest BCUT2D eigenvalue weighted by Gasteiger charge is 2.25. The number of aromatic nitrogens is 1. The van der Waals surface area contributed by atoms with E-state index in [0.717, 1.165) is 31.5 Å². The van der Waals surface area contributed by atoms with Gasteiger partial charge in [0, 0.05) is 31.7 Å². The Morgan fingerprint density at radius 1 is 1.29 bits per heavy atom. The maximum atomic E-state index is 11.5. The van der Waals surface area contributed by atoms with Crippen molar-refractivity contribution in [1.29, 1.82) is 0 Å². The van der Waals surface area contributed by atoms with Crippen molar-refractivity contribution in [3.63, 3.8) is 0 Å². The summed E-state index contributed by atoms with van der Waals surface area (Å²) in [5, 5.41) is 14.8. The molecule has 1 aliphatic heterocycles. The largest absolute Gasteiger partial charge is 0.490 e. The summed E-state index contributed by atoms with van der Waals surface area (Å²) >= 11 is 0. The zero-order chi connectivity index (χ0) is 25.2. The van der Waals surface area contributed by atoms with Gasteiger partial charge in [-0.1, -0.05) is 0 Å². The Morgan fingerprint density at radius 2 is 2.03 bits per heavy atom. The second-order valence-electron chi connectivity index (χ2n) is 8.15. The van der Waals surface area contributed by atoms with Crippen LogP contribution < -0.4 is 14.8 Å². The van der Waals surface area contributed by atoms with Gasteiger partial charge in [0.05, 0.1) is 23.5 Å². The van der Waals surface area contributed by atoms with E-state index in [1.165, 1.54) is 31.4 Å². The molecule has 0 radical (unpaired) electrons. The summed E-state index contributed by atoms with van der Waals surface area (Å²) in [6, 6.07) is 7.62. The normalized spacial score (nSPS) is 15.3. The van der Waals surface area contributed by atoms with Crippen LogP contribution in [0.15, 0.2) is 39.6 Å². The van der Waals surface area contributed by atoms with Crippen LogP contribution in [-0.4, -0.2) is 60.6 Å². The molecule has 0 unspecified atom stereocenters. The Balaban J connectivity index is 1.40. The van der Waals surface area contributed by atoms with Gasteiger partial charge in [0.1, 0.15) is 5.52 Å². The van der Waals surface area contributed by atoms with E-state index >= 15 is 0 Å². The van der Waals surface area contributed by atoms with Crippen LogP contribution in [0.1, 0.15) is 25.3 Å². The number of rotatable bonds is 9. The van der Waals surface area contributed by atoms with Crippen molar-refractivity contribution in [3.8, 4) is 11.5 Å². The SMILES string of the molecule is CCOc1cc(CN2CCC(Nc3nc4cc(S(=O)(=O)O)ccc4o3)CC2)cc([N+](=O)[O-])c1OC. The van der Waals surface area contributed by atoms with Gasteiger partial charge in [-0.2, -0.15) is 13.4 Å². The highest BCUT2D eigenvalue weighted by atomic mass is 32.2. The second-order valence-corrected chi connectivity index (χ2v) is 9.58. The van der Waals surface area contributed by atoms with Crippen LogP contribution in [0.3, 0.4) is 0 Å². The quantitative estimate of drug-likeness (QED) is 0.249. The van der Waals surface area contributed by atoms with E-state index in [1.54, 1.807) is 13.0 Å². The average Bonchev–Trinajstić information content (AvgIpc) is 3.21. The van der Waals surface area contributed by atoms with Gasteiger partial charge >= 0.3 is 5.69 Å². The lowest BCUT2D eigenvalue weighted by molar-refractivity contribution is -0.385. The molecule has 35 heavy (non-hydrogen) atoms. The van der Waals surface area contributed by atoms with E-state index in [1.807, 2.05) is 0 Å². The van der Waals surface area contributed by atoms with Gasteiger partial charge in [0.25, 0.3) is 16.1 Å². The molecule has 13 heteroatoms. The standard InChI is InChI=1S/C22H26N4O8S/c1-3-33-20-11-14(10-18(26(27)28)21(20)32-2)13-25-8-6-15(7-9-25)23-22-24-17-12-16(35(29,30)31)4-5-19(17)34-22/h4-5,10-12,15H,3,6-9,13H2,1-2H3,(H,23,24)(H,29,30,31). The van der Waals surface area contributed by atoms with Gasteiger partial charge in [0.2, 0.25) is 5.75 Å². The number of fused-ring (bicyclic) bond motifs is 1. The Kier molecular flexibility index (Phi) is 7.10. The van der Waals surface area contributed by atoms with Gasteiger partial charge in [-0.05, 0) is 49.6 Å². The molecule has 0 spiro atoms. The molecule has 2 N–H and O–H groups in total. The van der Waals surface area contributed by atoms with Crippen LogP contribution in [0.25, 0.3) is 11.1 Å². The van der Waals surface area contributed by atoms with Crippen LogP contribution in [0.4, 0.5) is 11.7 Å². The minimum atomic E-state index is -4.32. The molecule has 1 saturated heterocycles. The summed E-state index contributed by atoms with van der Waals surface area (Å²) in [7, 11) is -2.94. The third kappa shape index (κ3) is 5.63. The molecule has 1 fully saturated rings. The third-order valence-electron chi connectivity index (χ3n) is 5.77. The maximum absolute atomic E-state index is 11.5. The second kappa shape index (κ2) is 10.1. The molecule has 1 aromatic heterocycles. The first-order valence-corrected chi connectivity index (χ1v) is 12.5. The first kappa shape index (κ1) is 24.7. The molecule has 188 valence electrons. The fraction of sp³-hybridized carbons (Fsp3) is 0.409. The van der Waals surface area contributed by atoms with Crippen molar-refractivity contribution in [1.82, 2.24) is 9.88 Å². The molecule has 0 bridgehead atoms. The van der Waals surface area contributed by atoms with Gasteiger partial charge in [0.15, 0.2) is 11.3 Å². The van der Waals surface area contributed by atoms with Crippen molar-refractivity contribution in [3.05, 3.63) is 46.0 Å². The summed E-state index contributed by atoms with van der Waals surface area (Å²) in [5.41, 5.74) is 1.37. The highest BCUT2D eigenvalue weighted by Crippen LogP contribution is 2.38. The number of ether oxygens (including phenoxy) is 2. The third-order valence-corrected chi connectivity index (χ3v) is 6.62. The monoisotopic (exact) mass is 506 g/mol. The van der Waals surface area contributed by atoms with Crippen molar-refractivity contribution < 1.29 is 31.8 Å². The van der Waals surface area contributed by atoms with E-state index in [2.05, 4.69) is 15.2 Å². The number of oxazole rings is 1. The molecular weight excluding hydrogens is 480 g/mol. The fourth-order valence-electron chi connectivity index (χ4n) is 4.14. The summed E-state index contributed by atoms with van der Waals surface area (Å²) in [5.74, 6) is 0.467. The number of nitrogens with zero attached hydrogens (tertiary/aromatic N) is 3. The number of nitrogens with one attached hydrogen (secondary N) is 1. The number of hydrogen-bond acceptors (Lipinski definition) is 10. The first-order valence-electron chi connectivity index (χ1n) is 11.0. The lowest BCUT2D eigenvalue weighted by Gasteiger charge is -2.32. The lowest BCUT2D eigenvalue weighted by atomic mass is 10.0. The molecule has 2 aromatic carbocycles. The topological polar surface area (TPSA) is 157 Å². The average molecular weight is 507 g/mol. The molecule has 0 aliphatic carbocycles. The van der Waals surface area contributed by atoms with Crippen molar-refractivity contribution in [2.45, 2.75) is 37.2 Å². The summed E-state index contributed by atoms with van der Waals surface area (Å²) in [6.45, 7) is 4.18. The molecule has 4 rings (SSSR count). The molecular formula is C22H26N4O8S.